The van der Waals surface area contributed by atoms with Gasteiger partial charge in [-0.15, -0.1) is 0 Å². The summed E-state index contributed by atoms with van der Waals surface area (Å²) in [7, 11) is -2.38. The smallest absolute Gasteiger partial charge is 0.255 e. The summed E-state index contributed by atoms with van der Waals surface area (Å²) in [5.74, 6) is 0.114. The Morgan fingerprint density at radius 3 is 2.67 bits per heavy atom. The van der Waals surface area contributed by atoms with Gasteiger partial charge in [0.05, 0.1) is 11.4 Å². The molecule has 1 aromatic carbocycles. The molecule has 0 radical (unpaired) electrons. The Bertz CT molecular complexity index is 717. The average molecular weight is 372 g/mol. The molecule has 6 nitrogen and oxygen atoms in total. The van der Waals surface area contributed by atoms with Crippen molar-refractivity contribution in [1.82, 2.24) is 9.73 Å². The zero-order valence-electron chi connectivity index (χ0n) is 13.8. The van der Waals surface area contributed by atoms with Gasteiger partial charge in [-0.05, 0) is 55.9 Å². The van der Waals surface area contributed by atoms with Crippen LogP contribution in [0.1, 0.15) is 32.6 Å². The molecule has 1 aliphatic rings. The van der Waals surface area contributed by atoms with Crippen molar-refractivity contribution in [3.63, 3.8) is 0 Å². The van der Waals surface area contributed by atoms with Gasteiger partial charge in [0.2, 0.25) is 10.0 Å². The molecule has 132 valence electrons. The molecular formula is C16H22ClN3O3S. The monoisotopic (exact) mass is 371 g/mol. The number of rotatable bonds is 5. The molecule has 0 unspecified atom stereocenters. The number of hydrazone groups is 1. The minimum Gasteiger partial charge on any atom is -0.272 e. The predicted molar refractivity (Wildman–Crippen MR) is 94.5 cm³/mol. The summed E-state index contributed by atoms with van der Waals surface area (Å²) in [6.07, 6.45) is 4.00. The molecule has 1 aromatic rings. The van der Waals surface area contributed by atoms with Gasteiger partial charge in [-0.2, -0.15) is 9.41 Å². The van der Waals surface area contributed by atoms with Crippen LogP contribution in [0.5, 0.6) is 0 Å². The van der Waals surface area contributed by atoms with Gasteiger partial charge in [0.25, 0.3) is 5.91 Å². The van der Waals surface area contributed by atoms with Gasteiger partial charge in [0, 0.05) is 17.8 Å². The summed E-state index contributed by atoms with van der Waals surface area (Å²) >= 11 is 5.76. The first kappa shape index (κ1) is 18.9. The van der Waals surface area contributed by atoms with Crippen molar-refractivity contribution in [2.45, 2.75) is 37.5 Å². The summed E-state index contributed by atoms with van der Waals surface area (Å²) < 4.78 is 25.8. The summed E-state index contributed by atoms with van der Waals surface area (Å²) in [6, 6.07) is 5.82. The molecule has 24 heavy (non-hydrogen) atoms. The number of nitrogens with one attached hydrogen (secondary N) is 1. The highest BCUT2D eigenvalue weighted by Crippen LogP contribution is 2.21. The van der Waals surface area contributed by atoms with E-state index in [9.17, 15) is 13.2 Å². The molecule has 0 aliphatic heterocycles. The molecule has 1 amide bonds. The van der Waals surface area contributed by atoms with Crippen LogP contribution in [0.25, 0.3) is 0 Å². The van der Waals surface area contributed by atoms with Crippen molar-refractivity contribution < 1.29 is 13.2 Å². The van der Waals surface area contributed by atoms with E-state index in [1.807, 2.05) is 0 Å². The van der Waals surface area contributed by atoms with Gasteiger partial charge in [0.15, 0.2) is 0 Å². The fourth-order valence-corrected chi connectivity index (χ4v) is 3.87. The SMILES string of the molecule is C[C@@H]1CCC/C(=N/NC(=O)CN(C)S(=O)(=O)c2ccc(Cl)cc2)C1. The molecule has 1 N–H and O–H groups in total. The Kier molecular flexibility index (Phi) is 6.37. The topological polar surface area (TPSA) is 78.8 Å². The molecular weight excluding hydrogens is 350 g/mol. The van der Waals surface area contributed by atoms with Crippen LogP contribution >= 0.6 is 11.6 Å². The van der Waals surface area contributed by atoms with E-state index in [0.717, 1.165) is 29.3 Å². The van der Waals surface area contributed by atoms with Gasteiger partial charge in [-0.25, -0.2) is 13.8 Å². The summed E-state index contributed by atoms with van der Waals surface area (Å²) in [5.41, 5.74) is 3.42. The number of nitrogens with zero attached hydrogens (tertiary/aromatic N) is 2. The Hall–Kier alpha value is -1.44. The second kappa shape index (κ2) is 8.09. The molecule has 1 aliphatic carbocycles. The van der Waals surface area contributed by atoms with Gasteiger partial charge < -0.3 is 0 Å². The number of carbonyl (C=O) groups excluding carboxylic acids is 1. The molecule has 8 heteroatoms. The molecule has 1 saturated carbocycles. The fraction of sp³-hybridized carbons (Fsp3) is 0.500. The van der Waals surface area contributed by atoms with E-state index in [1.54, 1.807) is 0 Å². The average Bonchev–Trinajstić information content (AvgIpc) is 2.53. The van der Waals surface area contributed by atoms with Crippen molar-refractivity contribution >= 4 is 33.2 Å². The third-order valence-corrected chi connectivity index (χ3v) is 6.04. The second-order valence-corrected chi connectivity index (χ2v) is 8.61. The van der Waals surface area contributed by atoms with E-state index in [2.05, 4.69) is 17.5 Å². The molecule has 0 saturated heterocycles. The number of carbonyl (C=O) groups is 1. The summed E-state index contributed by atoms with van der Waals surface area (Å²) in [4.78, 5) is 12.1. The van der Waals surface area contributed by atoms with Crippen LogP contribution in [0.15, 0.2) is 34.3 Å². The Labute approximate surface area is 147 Å². The maximum absolute atomic E-state index is 12.4. The number of amides is 1. The molecule has 0 bridgehead atoms. The quantitative estimate of drug-likeness (QED) is 0.808. The molecule has 0 heterocycles. The lowest BCUT2D eigenvalue weighted by Crippen LogP contribution is -2.37. The number of hydrogen-bond acceptors (Lipinski definition) is 4. The van der Waals surface area contributed by atoms with E-state index >= 15 is 0 Å². The summed E-state index contributed by atoms with van der Waals surface area (Å²) in [6.45, 7) is 1.86. The third-order valence-electron chi connectivity index (χ3n) is 3.97. The number of halogens is 1. The first-order chi connectivity index (χ1) is 11.3. The van der Waals surface area contributed by atoms with Crippen molar-refractivity contribution in [3.05, 3.63) is 29.3 Å². The van der Waals surface area contributed by atoms with Gasteiger partial charge >= 0.3 is 0 Å². The first-order valence-electron chi connectivity index (χ1n) is 7.85. The minimum absolute atomic E-state index is 0.0922. The normalized spacial score (nSPS) is 20.3. The van der Waals surface area contributed by atoms with E-state index in [-0.39, 0.29) is 11.4 Å². The van der Waals surface area contributed by atoms with E-state index in [4.69, 9.17) is 11.6 Å². The number of benzene rings is 1. The van der Waals surface area contributed by atoms with Crippen LogP contribution in [0.3, 0.4) is 0 Å². The zero-order chi connectivity index (χ0) is 17.7. The van der Waals surface area contributed by atoms with Crippen molar-refractivity contribution in [3.8, 4) is 0 Å². The van der Waals surface area contributed by atoms with Crippen molar-refractivity contribution in [2.75, 3.05) is 13.6 Å². The lowest BCUT2D eigenvalue weighted by atomic mass is 9.89. The molecule has 0 spiro atoms. The fourth-order valence-electron chi connectivity index (χ4n) is 2.61. The Morgan fingerprint density at radius 1 is 1.38 bits per heavy atom. The highest BCUT2D eigenvalue weighted by Gasteiger charge is 2.23. The van der Waals surface area contributed by atoms with Crippen LogP contribution < -0.4 is 5.43 Å². The maximum atomic E-state index is 12.4. The molecule has 1 fully saturated rings. The molecule has 0 aromatic heterocycles. The number of sulfonamides is 1. The third kappa shape index (κ3) is 5.03. The Balaban J connectivity index is 1.95. The lowest BCUT2D eigenvalue weighted by Gasteiger charge is -2.19. The largest absolute Gasteiger partial charge is 0.272 e. The first-order valence-corrected chi connectivity index (χ1v) is 9.67. The van der Waals surface area contributed by atoms with Crippen LogP contribution in [0, 0.1) is 5.92 Å². The number of likely N-dealkylation sites (N-methyl/N-ethyl adjacent to an activating group) is 1. The van der Waals surface area contributed by atoms with Crippen molar-refractivity contribution in [1.29, 1.82) is 0 Å². The highest BCUT2D eigenvalue weighted by atomic mass is 35.5. The van der Waals surface area contributed by atoms with Gasteiger partial charge in [-0.1, -0.05) is 18.5 Å². The summed E-state index contributed by atoms with van der Waals surface area (Å²) in [5, 5.41) is 4.58. The van der Waals surface area contributed by atoms with Crippen molar-refractivity contribution in [2.24, 2.45) is 11.0 Å². The standard InChI is InChI=1S/C16H22ClN3O3S/c1-12-4-3-5-14(10-12)18-19-16(21)11-20(2)24(22,23)15-8-6-13(17)7-9-15/h6-9,12H,3-5,10-11H2,1-2H3,(H,19,21)/b18-14-/t12-/m1/s1. The van der Waals surface area contributed by atoms with Crippen LogP contribution in [0.4, 0.5) is 0 Å². The van der Waals surface area contributed by atoms with E-state index in [1.165, 1.54) is 37.7 Å². The molecule has 2 rings (SSSR count). The zero-order valence-corrected chi connectivity index (χ0v) is 15.4. The van der Waals surface area contributed by atoms with E-state index < -0.39 is 15.9 Å². The van der Waals surface area contributed by atoms with E-state index in [0.29, 0.717) is 10.9 Å². The van der Waals surface area contributed by atoms with Gasteiger partial charge in [0.1, 0.15) is 0 Å². The van der Waals surface area contributed by atoms with Crippen LogP contribution in [0.2, 0.25) is 5.02 Å². The van der Waals surface area contributed by atoms with Gasteiger partial charge in [-0.3, -0.25) is 4.79 Å². The Morgan fingerprint density at radius 2 is 2.04 bits per heavy atom. The minimum atomic E-state index is -3.74. The molecule has 1 atom stereocenters. The number of hydrogen-bond donors (Lipinski definition) is 1. The highest BCUT2D eigenvalue weighted by molar-refractivity contribution is 7.89. The van der Waals surface area contributed by atoms with Crippen LogP contribution in [-0.4, -0.2) is 37.9 Å². The van der Waals surface area contributed by atoms with Crippen LogP contribution in [-0.2, 0) is 14.8 Å². The second-order valence-electron chi connectivity index (χ2n) is 6.13. The predicted octanol–water partition coefficient (Wildman–Crippen LogP) is 2.64. The lowest BCUT2D eigenvalue weighted by molar-refractivity contribution is -0.121. The maximum Gasteiger partial charge on any atom is 0.255 e.